The zero-order valence-electron chi connectivity index (χ0n) is 25.5. The standard InChI is InChI=1S/C39H36N2O3/c1-23(2)20-26-15-17-28(18-16-26)36(42)34-35(37(43)27-10-6-5-7-11-27)41-32-19-14-24(3)21-29(32)25(4)22-33(41)39(34)30-12-8-9-13-31(30)40-38(39)44/h5-19,21-23,33-35H,20H2,1-4H3,(H,40,44). The van der Waals surface area contributed by atoms with Crippen LogP contribution in [0.25, 0.3) is 5.57 Å². The van der Waals surface area contributed by atoms with E-state index in [1.807, 2.05) is 85.8 Å². The molecule has 1 N–H and O–H groups in total. The number of ketones is 2. The van der Waals surface area contributed by atoms with E-state index in [-0.39, 0.29) is 17.5 Å². The average Bonchev–Trinajstić information content (AvgIpc) is 3.49. The molecule has 3 aliphatic heterocycles. The molecular formula is C39H36N2O3. The van der Waals surface area contributed by atoms with Gasteiger partial charge in [0.1, 0.15) is 11.5 Å². The van der Waals surface area contributed by atoms with Gasteiger partial charge < -0.3 is 10.2 Å². The normalized spacial score (nSPS) is 23.2. The number of nitrogens with one attached hydrogen (secondary N) is 1. The molecule has 1 spiro atoms. The number of aryl methyl sites for hydroxylation is 1. The summed E-state index contributed by atoms with van der Waals surface area (Å²) in [7, 11) is 0. The van der Waals surface area contributed by atoms with Crippen LogP contribution < -0.4 is 10.2 Å². The zero-order chi connectivity index (χ0) is 30.7. The number of nitrogens with zero attached hydrogens (tertiary/aromatic N) is 1. The predicted octanol–water partition coefficient (Wildman–Crippen LogP) is 7.44. The van der Waals surface area contributed by atoms with Crippen molar-refractivity contribution in [3.63, 3.8) is 0 Å². The number of Topliss-reactive ketones (excluding diaryl/α,β-unsaturated/α-hetero) is 2. The van der Waals surface area contributed by atoms with E-state index in [9.17, 15) is 9.59 Å². The summed E-state index contributed by atoms with van der Waals surface area (Å²) in [5.41, 5.74) is 6.33. The minimum Gasteiger partial charge on any atom is -0.352 e. The molecule has 5 heteroatoms. The molecule has 4 aromatic rings. The highest BCUT2D eigenvalue weighted by Gasteiger charge is 2.70. The quantitative estimate of drug-likeness (QED) is 0.241. The predicted molar refractivity (Wildman–Crippen MR) is 175 cm³/mol. The van der Waals surface area contributed by atoms with Crippen molar-refractivity contribution in [2.75, 3.05) is 10.2 Å². The van der Waals surface area contributed by atoms with Crippen molar-refractivity contribution in [1.82, 2.24) is 0 Å². The van der Waals surface area contributed by atoms with Crippen molar-refractivity contribution in [3.05, 3.63) is 137 Å². The second kappa shape index (κ2) is 10.4. The molecule has 0 aliphatic carbocycles. The second-order valence-electron chi connectivity index (χ2n) is 12.9. The van der Waals surface area contributed by atoms with Crippen molar-refractivity contribution in [2.45, 2.75) is 51.6 Å². The molecule has 0 saturated carbocycles. The van der Waals surface area contributed by atoms with E-state index in [4.69, 9.17) is 0 Å². The number of para-hydroxylation sites is 1. The van der Waals surface area contributed by atoms with Crippen LogP contribution in [0, 0.1) is 18.8 Å². The summed E-state index contributed by atoms with van der Waals surface area (Å²) in [4.78, 5) is 46.5. The number of hydrogen-bond donors (Lipinski definition) is 1. The van der Waals surface area contributed by atoms with Gasteiger partial charge in [0.15, 0.2) is 11.6 Å². The van der Waals surface area contributed by atoms with Crippen molar-refractivity contribution in [2.24, 2.45) is 11.8 Å². The summed E-state index contributed by atoms with van der Waals surface area (Å²) in [6, 6.07) is 29.3. The van der Waals surface area contributed by atoms with E-state index in [2.05, 4.69) is 43.1 Å². The maximum atomic E-state index is 15.1. The van der Waals surface area contributed by atoms with E-state index < -0.39 is 23.4 Å². The fourth-order valence-electron chi connectivity index (χ4n) is 7.78. The van der Waals surface area contributed by atoms with Crippen LogP contribution in [0.3, 0.4) is 0 Å². The van der Waals surface area contributed by atoms with E-state index in [1.165, 1.54) is 0 Å². The summed E-state index contributed by atoms with van der Waals surface area (Å²) in [5.74, 6) is -1.10. The summed E-state index contributed by atoms with van der Waals surface area (Å²) < 4.78 is 0. The average molecular weight is 581 g/mol. The molecule has 44 heavy (non-hydrogen) atoms. The third-order valence-corrected chi connectivity index (χ3v) is 9.62. The molecule has 5 nitrogen and oxygen atoms in total. The van der Waals surface area contributed by atoms with Gasteiger partial charge in [-0.1, -0.05) is 104 Å². The number of rotatable bonds is 6. The number of benzene rings is 4. The fraction of sp³-hybridized carbons (Fsp3) is 0.256. The number of hydrogen-bond acceptors (Lipinski definition) is 4. The monoisotopic (exact) mass is 580 g/mol. The lowest BCUT2D eigenvalue weighted by Crippen LogP contribution is -2.51. The minimum atomic E-state index is -1.32. The van der Waals surface area contributed by atoms with Gasteiger partial charge in [0.2, 0.25) is 5.91 Å². The fourth-order valence-corrected chi connectivity index (χ4v) is 7.78. The van der Waals surface area contributed by atoms with E-state index in [1.54, 1.807) is 12.1 Å². The second-order valence-corrected chi connectivity index (χ2v) is 12.9. The maximum Gasteiger partial charge on any atom is 0.238 e. The van der Waals surface area contributed by atoms with Gasteiger partial charge in [-0.15, -0.1) is 0 Å². The Hall–Kier alpha value is -4.77. The SMILES string of the molecule is CC1=CC2N(c3ccc(C)cc31)C(C(=O)c1ccccc1)C(C(=O)c1ccc(CC(C)C)cc1)C21C(=O)Nc2ccccc21. The van der Waals surface area contributed by atoms with Crippen molar-refractivity contribution in [1.29, 1.82) is 0 Å². The molecule has 0 radical (unpaired) electrons. The first-order valence-corrected chi connectivity index (χ1v) is 15.4. The number of amides is 1. The molecule has 1 saturated heterocycles. The van der Waals surface area contributed by atoms with Crippen LogP contribution in [0.5, 0.6) is 0 Å². The lowest BCUT2D eigenvalue weighted by Gasteiger charge is -2.39. The molecule has 220 valence electrons. The molecule has 4 aromatic carbocycles. The first-order valence-electron chi connectivity index (χ1n) is 15.4. The Balaban J connectivity index is 1.51. The third-order valence-electron chi connectivity index (χ3n) is 9.62. The zero-order valence-corrected chi connectivity index (χ0v) is 25.5. The van der Waals surface area contributed by atoms with Gasteiger partial charge in [0.05, 0.1) is 12.0 Å². The van der Waals surface area contributed by atoms with Gasteiger partial charge >= 0.3 is 0 Å². The van der Waals surface area contributed by atoms with E-state index in [0.29, 0.717) is 22.7 Å². The molecular weight excluding hydrogens is 544 g/mol. The molecule has 7 rings (SSSR count). The Bertz CT molecular complexity index is 1840. The lowest BCUT2D eigenvalue weighted by molar-refractivity contribution is -0.121. The first kappa shape index (κ1) is 28.0. The highest BCUT2D eigenvalue weighted by molar-refractivity contribution is 6.18. The first-order chi connectivity index (χ1) is 21.2. The molecule has 3 heterocycles. The summed E-state index contributed by atoms with van der Waals surface area (Å²) in [6.45, 7) is 8.44. The number of carbonyl (C=O) groups excluding carboxylic acids is 3. The van der Waals surface area contributed by atoms with Crippen molar-refractivity contribution in [3.8, 4) is 0 Å². The smallest absolute Gasteiger partial charge is 0.238 e. The summed E-state index contributed by atoms with van der Waals surface area (Å²) in [6.07, 6.45) is 3.01. The van der Waals surface area contributed by atoms with Crippen molar-refractivity contribution < 1.29 is 14.4 Å². The van der Waals surface area contributed by atoms with Gasteiger partial charge in [-0.25, -0.2) is 0 Å². The van der Waals surface area contributed by atoms with Crippen LogP contribution in [0.15, 0.2) is 103 Å². The third kappa shape index (κ3) is 4.10. The molecule has 4 atom stereocenters. The minimum absolute atomic E-state index is 0.168. The maximum absolute atomic E-state index is 15.1. The molecule has 4 unspecified atom stereocenters. The number of carbonyl (C=O) groups is 3. The van der Waals surface area contributed by atoms with Gasteiger partial charge in [0, 0.05) is 28.1 Å². The van der Waals surface area contributed by atoms with Gasteiger partial charge in [-0.05, 0) is 61.1 Å². The van der Waals surface area contributed by atoms with Crippen LogP contribution in [-0.4, -0.2) is 29.6 Å². The Morgan fingerprint density at radius 2 is 1.52 bits per heavy atom. The topological polar surface area (TPSA) is 66.5 Å². The van der Waals surface area contributed by atoms with Crippen LogP contribution in [0.1, 0.15) is 63.7 Å². The number of anilines is 2. The Morgan fingerprint density at radius 3 is 2.25 bits per heavy atom. The van der Waals surface area contributed by atoms with Crippen LogP contribution in [0.4, 0.5) is 11.4 Å². The van der Waals surface area contributed by atoms with Gasteiger partial charge in [-0.2, -0.15) is 0 Å². The van der Waals surface area contributed by atoms with E-state index >= 15 is 4.79 Å². The summed E-state index contributed by atoms with van der Waals surface area (Å²) >= 11 is 0. The lowest BCUT2D eigenvalue weighted by atomic mass is 9.64. The van der Waals surface area contributed by atoms with Crippen LogP contribution in [0.2, 0.25) is 0 Å². The van der Waals surface area contributed by atoms with Gasteiger partial charge in [-0.3, -0.25) is 14.4 Å². The Labute approximate surface area is 258 Å². The highest BCUT2D eigenvalue weighted by Crippen LogP contribution is 2.59. The molecule has 3 aliphatic rings. The number of fused-ring (bicyclic) bond motifs is 6. The highest BCUT2D eigenvalue weighted by atomic mass is 16.2. The number of allylic oxidation sites excluding steroid dienone is 1. The summed E-state index contributed by atoms with van der Waals surface area (Å²) in [5, 5.41) is 3.12. The molecule has 0 bridgehead atoms. The van der Waals surface area contributed by atoms with Gasteiger partial charge in [0.25, 0.3) is 0 Å². The Morgan fingerprint density at radius 1 is 0.841 bits per heavy atom. The van der Waals surface area contributed by atoms with Crippen LogP contribution >= 0.6 is 0 Å². The van der Waals surface area contributed by atoms with E-state index in [0.717, 1.165) is 39.9 Å². The molecule has 1 amide bonds. The van der Waals surface area contributed by atoms with Crippen molar-refractivity contribution >= 4 is 34.4 Å². The largest absolute Gasteiger partial charge is 0.352 e. The molecule has 0 aromatic heterocycles. The van der Waals surface area contributed by atoms with Crippen LogP contribution in [-0.2, 0) is 16.6 Å². The Kier molecular flexibility index (Phi) is 6.65. The molecule has 1 fully saturated rings.